The smallest absolute Gasteiger partial charge is 0.338 e. The van der Waals surface area contributed by atoms with E-state index in [1.165, 1.54) is 11.8 Å². The molecule has 0 bridgehead atoms. The number of carbonyl (C=O) groups is 3. The standard InChI is InChI=1S/C19H17NO4S/c1-11-3-4-12(2)14(7-11)16(21)9-24-19(23)13-5-6-17-15(8-13)20-18(22)10-25-17/h3-8H,9-10H2,1-2H3,(H,20,22). The van der Waals surface area contributed by atoms with Gasteiger partial charge < -0.3 is 10.1 Å². The van der Waals surface area contributed by atoms with Gasteiger partial charge in [-0.1, -0.05) is 17.7 Å². The maximum absolute atomic E-state index is 12.3. The summed E-state index contributed by atoms with van der Waals surface area (Å²) in [6.07, 6.45) is 0. The first-order valence-electron chi connectivity index (χ1n) is 7.78. The third kappa shape index (κ3) is 3.91. The van der Waals surface area contributed by atoms with E-state index < -0.39 is 5.97 Å². The minimum Gasteiger partial charge on any atom is -0.454 e. The van der Waals surface area contributed by atoms with Gasteiger partial charge in [0.25, 0.3) is 0 Å². The van der Waals surface area contributed by atoms with Gasteiger partial charge in [0.1, 0.15) is 0 Å². The van der Waals surface area contributed by atoms with Crippen molar-refractivity contribution >= 4 is 35.1 Å². The number of rotatable bonds is 4. The van der Waals surface area contributed by atoms with Crippen LogP contribution >= 0.6 is 11.8 Å². The van der Waals surface area contributed by atoms with Gasteiger partial charge in [-0.2, -0.15) is 0 Å². The van der Waals surface area contributed by atoms with Gasteiger partial charge in [0.05, 0.1) is 17.0 Å². The fraction of sp³-hybridized carbons (Fsp3) is 0.211. The van der Waals surface area contributed by atoms with Crippen LogP contribution in [0.15, 0.2) is 41.3 Å². The topological polar surface area (TPSA) is 72.5 Å². The average Bonchev–Trinajstić information content (AvgIpc) is 2.60. The molecule has 1 aliphatic heterocycles. The van der Waals surface area contributed by atoms with E-state index >= 15 is 0 Å². The summed E-state index contributed by atoms with van der Waals surface area (Å²) in [6, 6.07) is 10.6. The number of thioether (sulfide) groups is 1. The molecule has 1 aliphatic rings. The number of carbonyl (C=O) groups excluding carboxylic acids is 3. The van der Waals surface area contributed by atoms with E-state index in [2.05, 4.69) is 5.32 Å². The molecule has 2 aromatic rings. The highest BCUT2D eigenvalue weighted by Gasteiger charge is 2.19. The Kier molecular flexibility index (Phi) is 4.90. The normalized spacial score (nSPS) is 13.0. The summed E-state index contributed by atoms with van der Waals surface area (Å²) in [5, 5.41) is 2.73. The van der Waals surface area contributed by atoms with E-state index in [1.54, 1.807) is 24.3 Å². The number of fused-ring (bicyclic) bond motifs is 1. The van der Waals surface area contributed by atoms with Crippen LogP contribution < -0.4 is 5.32 Å². The minimum absolute atomic E-state index is 0.104. The molecule has 0 radical (unpaired) electrons. The van der Waals surface area contributed by atoms with Crippen LogP contribution in [0.5, 0.6) is 0 Å². The maximum atomic E-state index is 12.3. The molecule has 2 aromatic carbocycles. The first kappa shape index (κ1) is 17.2. The van der Waals surface area contributed by atoms with Gasteiger partial charge >= 0.3 is 5.97 Å². The molecule has 0 spiro atoms. The molecule has 0 fully saturated rings. The third-order valence-electron chi connectivity index (χ3n) is 3.88. The second-order valence-electron chi connectivity index (χ2n) is 5.87. The molecule has 0 saturated carbocycles. The maximum Gasteiger partial charge on any atom is 0.338 e. The van der Waals surface area contributed by atoms with Crippen LogP contribution in [-0.2, 0) is 9.53 Å². The Morgan fingerprint density at radius 3 is 2.76 bits per heavy atom. The van der Waals surface area contributed by atoms with Crippen molar-refractivity contribution in [3.05, 3.63) is 58.7 Å². The number of hydrogen-bond donors (Lipinski definition) is 1. The van der Waals surface area contributed by atoms with E-state index in [1.807, 2.05) is 26.0 Å². The van der Waals surface area contributed by atoms with Gasteiger partial charge in [0, 0.05) is 10.5 Å². The molecule has 1 amide bonds. The SMILES string of the molecule is Cc1ccc(C)c(C(=O)COC(=O)c2ccc3c(c2)NC(=O)CS3)c1. The van der Waals surface area contributed by atoms with E-state index in [-0.39, 0.29) is 18.3 Å². The number of aryl methyl sites for hydroxylation is 2. The van der Waals surface area contributed by atoms with Crippen LogP contribution in [0.4, 0.5) is 5.69 Å². The molecular formula is C19H17NO4S. The van der Waals surface area contributed by atoms with Gasteiger partial charge in [0.15, 0.2) is 6.61 Å². The monoisotopic (exact) mass is 355 g/mol. The Labute approximate surface area is 149 Å². The predicted molar refractivity (Wildman–Crippen MR) is 96.3 cm³/mol. The average molecular weight is 355 g/mol. The second kappa shape index (κ2) is 7.11. The summed E-state index contributed by atoms with van der Waals surface area (Å²) in [6.45, 7) is 3.43. The zero-order chi connectivity index (χ0) is 18.0. The van der Waals surface area contributed by atoms with Crippen molar-refractivity contribution in [2.75, 3.05) is 17.7 Å². The summed E-state index contributed by atoms with van der Waals surface area (Å²) in [7, 11) is 0. The van der Waals surface area contributed by atoms with Crippen molar-refractivity contribution in [3.8, 4) is 0 Å². The molecule has 6 heteroatoms. The van der Waals surface area contributed by atoms with E-state index in [9.17, 15) is 14.4 Å². The number of ketones is 1. The van der Waals surface area contributed by atoms with Crippen molar-refractivity contribution in [3.63, 3.8) is 0 Å². The van der Waals surface area contributed by atoms with Crippen molar-refractivity contribution in [2.45, 2.75) is 18.7 Å². The molecule has 1 N–H and O–H groups in total. The molecule has 1 heterocycles. The number of anilines is 1. The number of amides is 1. The Morgan fingerprint density at radius 2 is 1.96 bits per heavy atom. The molecule has 0 aromatic heterocycles. The summed E-state index contributed by atoms with van der Waals surface area (Å²) >= 11 is 1.42. The van der Waals surface area contributed by atoms with Gasteiger partial charge in [-0.05, 0) is 43.7 Å². The number of ether oxygens (including phenoxy) is 1. The Bertz CT molecular complexity index is 876. The van der Waals surface area contributed by atoms with E-state index in [0.717, 1.165) is 16.0 Å². The zero-order valence-corrected chi connectivity index (χ0v) is 14.7. The van der Waals surface area contributed by atoms with Crippen LogP contribution in [-0.4, -0.2) is 30.0 Å². The molecule has 25 heavy (non-hydrogen) atoms. The number of nitrogens with one attached hydrogen (secondary N) is 1. The lowest BCUT2D eigenvalue weighted by Crippen LogP contribution is -2.19. The molecule has 0 saturated heterocycles. The van der Waals surface area contributed by atoms with Crippen LogP contribution in [0.3, 0.4) is 0 Å². The first-order chi connectivity index (χ1) is 11.9. The van der Waals surface area contributed by atoms with Crippen LogP contribution in [0.2, 0.25) is 0 Å². The zero-order valence-electron chi connectivity index (χ0n) is 13.9. The largest absolute Gasteiger partial charge is 0.454 e. The van der Waals surface area contributed by atoms with Crippen molar-refractivity contribution in [1.29, 1.82) is 0 Å². The second-order valence-corrected chi connectivity index (χ2v) is 6.88. The minimum atomic E-state index is -0.591. The van der Waals surface area contributed by atoms with Gasteiger partial charge in [0.2, 0.25) is 11.7 Å². The van der Waals surface area contributed by atoms with Crippen molar-refractivity contribution in [1.82, 2.24) is 0 Å². The van der Waals surface area contributed by atoms with Crippen LogP contribution in [0.25, 0.3) is 0 Å². The number of benzene rings is 2. The van der Waals surface area contributed by atoms with Crippen molar-refractivity contribution in [2.24, 2.45) is 0 Å². The van der Waals surface area contributed by atoms with Crippen LogP contribution in [0.1, 0.15) is 31.8 Å². The summed E-state index contributed by atoms with van der Waals surface area (Å²) < 4.78 is 5.15. The fourth-order valence-electron chi connectivity index (χ4n) is 2.54. The van der Waals surface area contributed by atoms with Gasteiger partial charge in [-0.15, -0.1) is 11.8 Å². The van der Waals surface area contributed by atoms with Gasteiger partial charge in [-0.3, -0.25) is 9.59 Å². The summed E-state index contributed by atoms with van der Waals surface area (Å²) in [4.78, 5) is 36.8. The highest BCUT2D eigenvalue weighted by atomic mass is 32.2. The molecule has 0 aliphatic carbocycles. The number of hydrogen-bond acceptors (Lipinski definition) is 5. The fourth-order valence-corrected chi connectivity index (χ4v) is 3.33. The molecule has 0 atom stereocenters. The first-order valence-corrected chi connectivity index (χ1v) is 8.77. The number of esters is 1. The molecule has 0 unspecified atom stereocenters. The molecule has 3 rings (SSSR count). The Hall–Kier alpha value is -2.60. The van der Waals surface area contributed by atoms with E-state index in [0.29, 0.717) is 22.6 Å². The molecule has 128 valence electrons. The Morgan fingerprint density at radius 1 is 1.16 bits per heavy atom. The lowest BCUT2D eigenvalue weighted by Gasteiger charge is -2.16. The number of Topliss-reactive ketones (excluding diaryl/α,β-unsaturated/α-hetero) is 1. The van der Waals surface area contributed by atoms with Crippen LogP contribution in [0, 0.1) is 13.8 Å². The van der Waals surface area contributed by atoms with E-state index in [4.69, 9.17) is 4.74 Å². The highest BCUT2D eigenvalue weighted by molar-refractivity contribution is 8.00. The summed E-state index contributed by atoms with van der Waals surface area (Å²) in [5.74, 6) is -0.572. The lowest BCUT2D eigenvalue weighted by molar-refractivity contribution is -0.113. The third-order valence-corrected chi connectivity index (χ3v) is 4.95. The van der Waals surface area contributed by atoms with Crippen molar-refractivity contribution < 1.29 is 19.1 Å². The Balaban J connectivity index is 1.68. The highest BCUT2D eigenvalue weighted by Crippen LogP contribution is 2.32. The summed E-state index contributed by atoms with van der Waals surface area (Å²) in [5.41, 5.74) is 3.28. The molecular weight excluding hydrogens is 338 g/mol. The molecule has 5 nitrogen and oxygen atoms in total. The quantitative estimate of drug-likeness (QED) is 0.672. The van der Waals surface area contributed by atoms with Gasteiger partial charge in [-0.25, -0.2) is 4.79 Å². The predicted octanol–water partition coefficient (Wildman–Crippen LogP) is 3.39. The lowest BCUT2D eigenvalue weighted by atomic mass is 10.0.